The number of carbonyl (C=O) groups excluding carboxylic acids is 1. The molecule has 0 aromatic heterocycles. The largest absolute Gasteiger partial charge is 0.479 e. The Balaban J connectivity index is 6.33. The number of esters is 1. The summed E-state index contributed by atoms with van der Waals surface area (Å²) in [6.07, 6.45) is 0.0847. The summed E-state index contributed by atoms with van der Waals surface area (Å²) in [6.45, 7) is 29.5. The Labute approximate surface area is 232 Å². The Morgan fingerprint density at radius 3 is 1.62 bits per heavy atom. The van der Waals surface area contributed by atoms with Crippen LogP contribution in [-0.2, 0) is 30.4 Å². The number of carbonyl (C=O) groups is 1. The number of rotatable bonds is 18. The van der Waals surface area contributed by atoms with Crippen LogP contribution < -0.4 is 0 Å². The first-order valence-electron chi connectivity index (χ1n) is 12.9. The number of ether oxygens (including phenoxy) is 1. The highest BCUT2D eigenvalue weighted by atomic mass is 28.5. The van der Waals surface area contributed by atoms with E-state index in [1.54, 1.807) is 6.55 Å². The van der Waals surface area contributed by atoms with Crippen LogP contribution in [0.15, 0.2) is 12.7 Å². The molecule has 9 nitrogen and oxygen atoms in total. The summed E-state index contributed by atoms with van der Waals surface area (Å²) in [5, 5.41) is 21.0. The summed E-state index contributed by atoms with van der Waals surface area (Å²) in [5.74, 6) is -2.65. The zero-order valence-electron chi connectivity index (χ0n) is 25.5. The molecule has 15 heteroatoms. The van der Waals surface area contributed by atoms with Crippen molar-refractivity contribution in [1.29, 1.82) is 0 Å². The first-order valence-corrected chi connectivity index (χ1v) is 30.6. The third kappa shape index (κ3) is 16.8. The van der Waals surface area contributed by atoms with Crippen LogP contribution in [0.1, 0.15) is 12.8 Å². The SMILES string of the molecule is C=CC(=O)OC(CCC[SiH](O[Si](C)(C)C)O[Si](C)(C)C)(O[Si](C)(O[Si](C)(C)C)O[Si](C)(C)C)C(O)CO. The molecular weight excluding hydrogens is 577 g/mol. The second kappa shape index (κ2) is 14.2. The molecule has 2 N–H and O–H groups in total. The van der Waals surface area contributed by atoms with Gasteiger partial charge in [-0.15, -0.1) is 0 Å². The predicted octanol–water partition coefficient (Wildman–Crippen LogP) is 4.76. The molecule has 0 amide bonds. The molecule has 0 aliphatic heterocycles. The van der Waals surface area contributed by atoms with Gasteiger partial charge >= 0.3 is 24.1 Å². The minimum absolute atomic E-state index is 0.106. The lowest BCUT2D eigenvalue weighted by Crippen LogP contribution is -2.63. The van der Waals surface area contributed by atoms with E-state index in [1.807, 2.05) is 39.3 Å². The average molecular weight is 631 g/mol. The van der Waals surface area contributed by atoms with Gasteiger partial charge in [0.1, 0.15) is 6.10 Å². The van der Waals surface area contributed by atoms with Gasteiger partial charge in [-0.25, -0.2) is 4.79 Å². The standard InChI is InChI=1S/C22H54O9Si6/c1-15-21(25)26-22(20(24)19-23,27-37(14,30-35(8,9)10)31-36(11,12)13)17-16-18-32(28-33(2,3)4)29-34(5,6)7/h15,20,23-24,32H,1,16-19H2,2-14H3. The van der Waals surface area contributed by atoms with Gasteiger partial charge in [0.2, 0.25) is 5.79 Å². The predicted molar refractivity (Wildman–Crippen MR) is 164 cm³/mol. The zero-order chi connectivity index (χ0) is 29.5. The monoisotopic (exact) mass is 630 g/mol. The molecule has 0 bridgehead atoms. The van der Waals surface area contributed by atoms with Crippen molar-refractivity contribution >= 4 is 57.3 Å². The van der Waals surface area contributed by atoms with Gasteiger partial charge in [-0.1, -0.05) is 6.58 Å². The lowest BCUT2D eigenvalue weighted by molar-refractivity contribution is -0.251. The van der Waals surface area contributed by atoms with Gasteiger partial charge in [0.25, 0.3) is 0 Å². The molecule has 0 aromatic rings. The summed E-state index contributed by atoms with van der Waals surface area (Å²) in [6, 6.07) is 0.630. The van der Waals surface area contributed by atoms with Crippen molar-refractivity contribution in [2.24, 2.45) is 0 Å². The minimum atomic E-state index is -3.46. The van der Waals surface area contributed by atoms with Crippen LogP contribution in [0, 0.1) is 0 Å². The molecule has 2 unspecified atom stereocenters. The van der Waals surface area contributed by atoms with Gasteiger partial charge in [-0.3, -0.25) is 0 Å². The van der Waals surface area contributed by atoms with Gasteiger partial charge in [0.05, 0.1) is 6.61 Å². The van der Waals surface area contributed by atoms with Crippen LogP contribution in [0.5, 0.6) is 0 Å². The molecule has 0 aliphatic rings. The van der Waals surface area contributed by atoms with E-state index in [4.69, 9.17) is 25.6 Å². The molecule has 220 valence electrons. The van der Waals surface area contributed by atoms with Gasteiger partial charge in [-0.05, 0) is 91.0 Å². The molecular formula is C22H54O9Si6. The van der Waals surface area contributed by atoms with Gasteiger partial charge in [-0.2, -0.15) is 0 Å². The Morgan fingerprint density at radius 1 is 0.865 bits per heavy atom. The molecule has 0 rings (SSSR count). The molecule has 2 atom stereocenters. The number of aliphatic hydroxyl groups excluding tert-OH is 2. The molecule has 0 saturated carbocycles. The van der Waals surface area contributed by atoms with E-state index in [1.165, 1.54) is 0 Å². The van der Waals surface area contributed by atoms with Crippen LogP contribution in [0.2, 0.25) is 91.2 Å². The average Bonchev–Trinajstić information content (AvgIpc) is 2.60. The molecule has 0 aliphatic carbocycles. The van der Waals surface area contributed by atoms with E-state index >= 15 is 0 Å². The van der Waals surface area contributed by atoms with Gasteiger partial charge < -0.3 is 35.8 Å². The van der Waals surface area contributed by atoms with E-state index in [9.17, 15) is 15.0 Å². The summed E-state index contributed by atoms with van der Waals surface area (Å²) in [5.41, 5.74) is 0. The molecule has 0 heterocycles. The maximum Gasteiger partial charge on any atom is 0.479 e. The quantitative estimate of drug-likeness (QED) is 0.0958. The Hall–Kier alpha value is 0.231. The minimum Gasteiger partial charge on any atom is -0.439 e. The molecule has 37 heavy (non-hydrogen) atoms. The Kier molecular flexibility index (Phi) is 14.3. The number of hydrogen-bond acceptors (Lipinski definition) is 9. The molecule has 0 fully saturated rings. The summed E-state index contributed by atoms with van der Waals surface area (Å²) in [7, 11) is -13.6. The first-order chi connectivity index (χ1) is 16.3. The lowest BCUT2D eigenvalue weighted by atomic mass is 10.1. The van der Waals surface area contributed by atoms with Crippen LogP contribution in [0.4, 0.5) is 0 Å². The molecule has 0 saturated heterocycles. The third-order valence-electron chi connectivity index (χ3n) is 4.40. The fourth-order valence-corrected chi connectivity index (χ4v) is 22.8. The van der Waals surface area contributed by atoms with Crippen LogP contribution >= 0.6 is 0 Å². The number of hydrogen-bond donors (Lipinski definition) is 2. The first kappa shape index (κ1) is 37.2. The van der Waals surface area contributed by atoms with Crippen molar-refractivity contribution in [3.05, 3.63) is 12.7 Å². The van der Waals surface area contributed by atoms with Crippen molar-refractivity contribution in [1.82, 2.24) is 0 Å². The van der Waals surface area contributed by atoms with Crippen molar-refractivity contribution in [2.75, 3.05) is 6.61 Å². The van der Waals surface area contributed by atoms with E-state index < -0.39 is 75.8 Å². The molecule has 0 aromatic carbocycles. The molecule has 0 spiro atoms. The fourth-order valence-electron chi connectivity index (χ4n) is 3.71. The fraction of sp³-hybridized carbons (Fsp3) is 0.864. The summed E-state index contributed by atoms with van der Waals surface area (Å²) in [4.78, 5) is 12.5. The highest BCUT2D eigenvalue weighted by Gasteiger charge is 2.54. The normalized spacial score (nSPS) is 16.4. The van der Waals surface area contributed by atoms with E-state index in [0.717, 1.165) is 6.08 Å². The van der Waals surface area contributed by atoms with Crippen molar-refractivity contribution in [3.8, 4) is 0 Å². The smallest absolute Gasteiger partial charge is 0.439 e. The topological polar surface area (TPSA) is 113 Å². The van der Waals surface area contributed by atoms with Crippen molar-refractivity contribution in [2.45, 2.75) is 116 Å². The van der Waals surface area contributed by atoms with Gasteiger partial charge in [0.15, 0.2) is 33.3 Å². The zero-order valence-corrected chi connectivity index (χ0v) is 31.7. The highest BCUT2D eigenvalue weighted by molar-refractivity contribution is 6.85. The molecule has 0 radical (unpaired) electrons. The maximum atomic E-state index is 12.5. The highest BCUT2D eigenvalue weighted by Crippen LogP contribution is 2.34. The van der Waals surface area contributed by atoms with E-state index in [2.05, 4.69) is 45.9 Å². The summed E-state index contributed by atoms with van der Waals surface area (Å²) >= 11 is 0. The maximum absolute atomic E-state index is 12.5. The van der Waals surface area contributed by atoms with Crippen LogP contribution in [0.25, 0.3) is 0 Å². The third-order valence-corrected chi connectivity index (χ3v) is 21.6. The summed E-state index contributed by atoms with van der Waals surface area (Å²) < 4.78 is 38.0. The second-order valence-electron chi connectivity index (χ2n) is 13.3. The van der Waals surface area contributed by atoms with Crippen LogP contribution in [0.3, 0.4) is 0 Å². The Morgan fingerprint density at radius 2 is 1.30 bits per heavy atom. The second-order valence-corrected chi connectivity index (χ2v) is 37.1. The van der Waals surface area contributed by atoms with E-state index in [0.29, 0.717) is 12.5 Å². The van der Waals surface area contributed by atoms with Crippen molar-refractivity contribution in [3.63, 3.8) is 0 Å². The number of aliphatic hydroxyl groups is 2. The van der Waals surface area contributed by atoms with Crippen LogP contribution in [-0.4, -0.2) is 86.0 Å². The lowest BCUT2D eigenvalue weighted by Gasteiger charge is -2.45. The Bertz CT molecular complexity index is 696. The van der Waals surface area contributed by atoms with Gasteiger partial charge in [0, 0.05) is 19.0 Å². The van der Waals surface area contributed by atoms with E-state index in [-0.39, 0.29) is 6.42 Å². The van der Waals surface area contributed by atoms with Crippen molar-refractivity contribution < 1.29 is 40.6 Å².